The van der Waals surface area contributed by atoms with E-state index in [9.17, 15) is 5.11 Å². The van der Waals surface area contributed by atoms with Crippen LogP contribution in [0.3, 0.4) is 0 Å². The summed E-state index contributed by atoms with van der Waals surface area (Å²) in [4.78, 5) is 4.02. The first-order valence-corrected chi connectivity index (χ1v) is 6.61. The number of pyridine rings is 1. The molecule has 3 N–H and O–H groups in total. The van der Waals surface area contributed by atoms with E-state index >= 15 is 0 Å². The molecule has 1 aromatic rings. The maximum Gasteiger partial charge on any atom is 0.126 e. The molecule has 0 spiro atoms. The number of unbranched alkanes of at least 4 members (excludes halogenated alkanes) is 4. The third kappa shape index (κ3) is 5.68. The smallest absolute Gasteiger partial charge is 0.126 e. The summed E-state index contributed by atoms with van der Waals surface area (Å²) in [6.45, 7) is 2.21. The molecule has 0 bridgehead atoms. The number of aliphatic hydroxyl groups excluding tert-OH is 1. The van der Waals surface area contributed by atoms with Gasteiger partial charge in [-0.1, -0.05) is 45.1 Å². The molecule has 0 aliphatic carbocycles. The first-order chi connectivity index (χ1) is 8.24. The van der Waals surface area contributed by atoms with Crippen LogP contribution in [0.1, 0.15) is 51.0 Å². The van der Waals surface area contributed by atoms with Crippen LogP contribution in [-0.4, -0.2) is 16.2 Å². The van der Waals surface area contributed by atoms with Gasteiger partial charge in [-0.3, -0.25) is 0 Å². The van der Waals surface area contributed by atoms with Crippen LogP contribution in [-0.2, 0) is 6.42 Å². The summed E-state index contributed by atoms with van der Waals surface area (Å²) in [5.41, 5.74) is 6.69. The van der Waals surface area contributed by atoms with E-state index in [2.05, 4.69) is 11.9 Å². The Kier molecular flexibility index (Phi) is 6.63. The van der Waals surface area contributed by atoms with Crippen molar-refractivity contribution in [2.75, 3.05) is 5.73 Å². The number of anilines is 1. The zero-order chi connectivity index (χ0) is 12.5. The van der Waals surface area contributed by atoms with Crippen LogP contribution in [0, 0.1) is 0 Å². The van der Waals surface area contributed by atoms with E-state index in [4.69, 9.17) is 5.73 Å². The average molecular weight is 236 g/mol. The number of nitrogens with zero attached hydrogens (tertiary/aromatic N) is 1. The van der Waals surface area contributed by atoms with Crippen LogP contribution >= 0.6 is 0 Å². The Morgan fingerprint density at radius 2 is 2.06 bits per heavy atom. The number of aliphatic hydroxyl groups is 1. The number of aromatic nitrogens is 1. The van der Waals surface area contributed by atoms with Gasteiger partial charge in [0, 0.05) is 12.6 Å². The van der Waals surface area contributed by atoms with Gasteiger partial charge in [0.05, 0.1) is 6.10 Å². The number of nitrogen functional groups attached to an aromatic ring is 1. The first kappa shape index (κ1) is 14.0. The Labute approximate surface area is 104 Å². The van der Waals surface area contributed by atoms with Crippen molar-refractivity contribution in [3.63, 3.8) is 0 Å². The van der Waals surface area contributed by atoms with Gasteiger partial charge < -0.3 is 10.8 Å². The molecule has 1 unspecified atom stereocenters. The Morgan fingerprint density at radius 1 is 1.29 bits per heavy atom. The molecule has 1 heterocycles. The molecular formula is C14H24N2O. The van der Waals surface area contributed by atoms with E-state index in [1.165, 1.54) is 25.7 Å². The van der Waals surface area contributed by atoms with Gasteiger partial charge >= 0.3 is 0 Å². The molecule has 0 saturated carbocycles. The van der Waals surface area contributed by atoms with Crippen molar-refractivity contribution >= 4 is 5.82 Å². The van der Waals surface area contributed by atoms with Crippen LogP contribution in [0.2, 0.25) is 0 Å². The molecule has 0 radical (unpaired) electrons. The summed E-state index contributed by atoms with van der Waals surface area (Å²) in [5, 5.41) is 9.90. The van der Waals surface area contributed by atoms with Gasteiger partial charge in [0.2, 0.25) is 0 Å². The van der Waals surface area contributed by atoms with E-state index in [0.717, 1.165) is 18.4 Å². The topological polar surface area (TPSA) is 59.1 Å². The van der Waals surface area contributed by atoms with Crippen LogP contribution < -0.4 is 5.73 Å². The lowest BCUT2D eigenvalue weighted by molar-refractivity contribution is 0.161. The lowest BCUT2D eigenvalue weighted by Gasteiger charge is -2.11. The van der Waals surface area contributed by atoms with Crippen molar-refractivity contribution in [3.05, 3.63) is 23.9 Å². The molecule has 0 amide bonds. The quantitative estimate of drug-likeness (QED) is 0.682. The van der Waals surface area contributed by atoms with E-state index < -0.39 is 0 Å². The van der Waals surface area contributed by atoms with Gasteiger partial charge in [-0.2, -0.15) is 0 Å². The number of nitrogens with two attached hydrogens (primary N) is 1. The molecule has 1 aromatic heterocycles. The van der Waals surface area contributed by atoms with Crippen molar-refractivity contribution in [2.24, 2.45) is 0 Å². The molecule has 0 aromatic carbocycles. The van der Waals surface area contributed by atoms with Gasteiger partial charge in [0.15, 0.2) is 0 Å². The molecule has 1 atom stereocenters. The standard InChI is InChI=1S/C14H24N2O/c1-2-3-4-5-6-9-13(17)11-12-8-7-10-16-14(12)15/h7-8,10,13,17H,2-6,9,11H2,1H3,(H2,15,16). The normalized spacial score (nSPS) is 12.6. The van der Waals surface area contributed by atoms with Crippen molar-refractivity contribution in [2.45, 2.75) is 58.0 Å². The largest absolute Gasteiger partial charge is 0.393 e. The van der Waals surface area contributed by atoms with Crippen molar-refractivity contribution in [1.29, 1.82) is 0 Å². The molecule has 0 saturated heterocycles. The minimum absolute atomic E-state index is 0.289. The van der Waals surface area contributed by atoms with Crippen molar-refractivity contribution < 1.29 is 5.11 Å². The average Bonchev–Trinajstić information content (AvgIpc) is 2.32. The molecule has 0 fully saturated rings. The predicted molar refractivity (Wildman–Crippen MR) is 71.7 cm³/mol. The van der Waals surface area contributed by atoms with Crippen LogP contribution in [0.5, 0.6) is 0 Å². The van der Waals surface area contributed by atoms with Crippen LogP contribution in [0.25, 0.3) is 0 Å². The van der Waals surface area contributed by atoms with Gasteiger partial charge in [0.1, 0.15) is 5.82 Å². The monoisotopic (exact) mass is 236 g/mol. The highest BCUT2D eigenvalue weighted by Crippen LogP contribution is 2.14. The zero-order valence-electron chi connectivity index (χ0n) is 10.7. The second-order valence-corrected chi connectivity index (χ2v) is 4.61. The SMILES string of the molecule is CCCCCCCC(O)Cc1cccnc1N. The highest BCUT2D eigenvalue weighted by molar-refractivity contribution is 5.38. The molecule has 0 aliphatic rings. The fraction of sp³-hybridized carbons (Fsp3) is 0.643. The minimum atomic E-state index is -0.289. The Balaban J connectivity index is 2.21. The molecule has 1 rings (SSSR count). The highest BCUT2D eigenvalue weighted by atomic mass is 16.3. The van der Waals surface area contributed by atoms with Gasteiger partial charge in [0.25, 0.3) is 0 Å². The Morgan fingerprint density at radius 3 is 2.76 bits per heavy atom. The maximum absolute atomic E-state index is 9.90. The number of hydrogen-bond acceptors (Lipinski definition) is 3. The second-order valence-electron chi connectivity index (χ2n) is 4.61. The summed E-state index contributed by atoms with van der Waals surface area (Å²) < 4.78 is 0. The molecule has 3 nitrogen and oxygen atoms in total. The van der Waals surface area contributed by atoms with Crippen LogP contribution in [0.15, 0.2) is 18.3 Å². The fourth-order valence-corrected chi connectivity index (χ4v) is 1.96. The Bertz CT molecular complexity index is 315. The molecule has 3 heteroatoms. The van der Waals surface area contributed by atoms with E-state index in [0.29, 0.717) is 12.2 Å². The van der Waals surface area contributed by atoms with E-state index in [1.54, 1.807) is 6.20 Å². The lowest BCUT2D eigenvalue weighted by atomic mass is 10.0. The molecular weight excluding hydrogens is 212 g/mol. The van der Waals surface area contributed by atoms with Gasteiger partial charge in [-0.05, 0) is 18.1 Å². The third-order valence-corrected chi connectivity index (χ3v) is 3.02. The summed E-state index contributed by atoms with van der Waals surface area (Å²) in [6.07, 6.45) is 9.01. The van der Waals surface area contributed by atoms with Crippen molar-refractivity contribution in [1.82, 2.24) is 4.98 Å². The maximum atomic E-state index is 9.90. The molecule has 96 valence electrons. The fourth-order valence-electron chi connectivity index (χ4n) is 1.96. The van der Waals surface area contributed by atoms with Crippen molar-refractivity contribution in [3.8, 4) is 0 Å². The minimum Gasteiger partial charge on any atom is -0.393 e. The van der Waals surface area contributed by atoms with Gasteiger partial charge in [-0.25, -0.2) is 4.98 Å². The lowest BCUT2D eigenvalue weighted by Crippen LogP contribution is -2.12. The van der Waals surface area contributed by atoms with E-state index in [-0.39, 0.29) is 6.10 Å². The molecule has 0 aliphatic heterocycles. The summed E-state index contributed by atoms with van der Waals surface area (Å²) >= 11 is 0. The Hall–Kier alpha value is -1.09. The third-order valence-electron chi connectivity index (χ3n) is 3.02. The van der Waals surface area contributed by atoms with Gasteiger partial charge in [-0.15, -0.1) is 0 Å². The zero-order valence-corrected chi connectivity index (χ0v) is 10.7. The van der Waals surface area contributed by atoms with Crippen LogP contribution in [0.4, 0.5) is 5.82 Å². The second kappa shape index (κ2) is 8.07. The first-order valence-electron chi connectivity index (χ1n) is 6.61. The highest BCUT2D eigenvalue weighted by Gasteiger charge is 2.07. The number of rotatable bonds is 8. The summed E-state index contributed by atoms with van der Waals surface area (Å²) in [6, 6.07) is 3.79. The molecule has 17 heavy (non-hydrogen) atoms. The number of hydrogen-bond donors (Lipinski definition) is 2. The van der Waals surface area contributed by atoms with E-state index in [1.807, 2.05) is 12.1 Å². The summed E-state index contributed by atoms with van der Waals surface area (Å²) in [5.74, 6) is 0.539. The predicted octanol–water partition coefficient (Wildman–Crippen LogP) is 2.93. The summed E-state index contributed by atoms with van der Waals surface area (Å²) in [7, 11) is 0.